The molecule has 1 nitrogen and oxygen atoms in total. The highest BCUT2D eigenvalue weighted by Crippen LogP contribution is 2.25. The van der Waals surface area contributed by atoms with Gasteiger partial charge in [0.05, 0.1) is 5.69 Å². The zero-order valence-corrected chi connectivity index (χ0v) is 8.17. The highest BCUT2D eigenvalue weighted by atomic mass is 35.5. The van der Waals surface area contributed by atoms with Crippen molar-refractivity contribution in [3.63, 3.8) is 0 Å². The van der Waals surface area contributed by atoms with E-state index in [0.717, 1.165) is 17.7 Å². The zero-order valence-electron chi connectivity index (χ0n) is 7.42. The van der Waals surface area contributed by atoms with E-state index in [1.165, 1.54) is 5.56 Å². The molecule has 0 amide bonds. The maximum Gasteiger partial charge on any atom is 0.110 e. The van der Waals surface area contributed by atoms with Gasteiger partial charge in [-0.15, -0.1) is 0 Å². The largest absolute Gasteiger partial charge is 0.240 e. The van der Waals surface area contributed by atoms with Crippen LogP contribution >= 0.6 is 11.6 Å². The fourth-order valence-corrected chi connectivity index (χ4v) is 1.55. The van der Waals surface area contributed by atoms with Crippen molar-refractivity contribution in [3.8, 4) is 0 Å². The summed E-state index contributed by atoms with van der Waals surface area (Å²) in [5, 5.41) is 0.652. The summed E-state index contributed by atoms with van der Waals surface area (Å²) >= 11 is 5.89. The van der Waals surface area contributed by atoms with Crippen molar-refractivity contribution in [3.05, 3.63) is 35.4 Å². The molecule has 0 radical (unpaired) electrons. The van der Waals surface area contributed by atoms with Crippen LogP contribution in [0.4, 0.5) is 5.69 Å². The zero-order chi connectivity index (χ0) is 9.26. The second kappa shape index (κ2) is 3.35. The molecule has 13 heavy (non-hydrogen) atoms. The van der Waals surface area contributed by atoms with Crippen molar-refractivity contribution >= 4 is 28.5 Å². The molecular weight excluding hydrogens is 182 g/mol. The van der Waals surface area contributed by atoms with Gasteiger partial charge in [0.15, 0.2) is 0 Å². The maximum atomic E-state index is 5.89. The fourth-order valence-electron chi connectivity index (χ4n) is 1.37. The average Bonchev–Trinajstić information content (AvgIpc) is 2.25. The minimum Gasteiger partial charge on any atom is -0.240 e. The van der Waals surface area contributed by atoms with E-state index in [9.17, 15) is 0 Å². The van der Waals surface area contributed by atoms with Gasteiger partial charge in [0.25, 0.3) is 0 Å². The molecule has 0 saturated heterocycles. The van der Waals surface area contributed by atoms with Crippen LogP contribution in [0, 0.1) is 6.92 Å². The van der Waals surface area contributed by atoms with Crippen LogP contribution < -0.4 is 0 Å². The molecule has 0 fully saturated rings. The Morgan fingerprint density at radius 1 is 1.38 bits per heavy atom. The van der Waals surface area contributed by atoms with Crippen molar-refractivity contribution < 1.29 is 0 Å². The number of aryl methyl sites for hydroxylation is 1. The quantitative estimate of drug-likeness (QED) is 0.593. The first-order valence-corrected chi connectivity index (χ1v) is 4.64. The van der Waals surface area contributed by atoms with Crippen LogP contribution in [0.1, 0.15) is 17.5 Å². The van der Waals surface area contributed by atoms with Crippen LogP contribution in [0.3, 0.4) is 0 Å². The molecule has 0 spiro atoms. The smallest absolute Gasteiger partial charge is 0.110 e. The van der Waals surface area contributed by atoms with E-state index < -0.39 is 0 Å². The number of hydrogen-bond acceptors (Lipinski definition) is 1. The number of fused-ring (bicyclic) bond motifs is 1. The number of benzene rings is 1. The normalized spacial score (nSPS) is 14.8. The monoisotopic (exact) mass is 191 g/mol. The van der Waals surface area contributed by atoms with Crippen molar-refractivity contribution in [2.75, 3.05) is 0 Å². The van der Waals surface area contributed by atoms with Gasteiger partial charge in [-0.1, -0.05) is 35.4 Å². The molecule has 0 bridgehead atoms. The topological polar surface area (TPSA) is 12.4 Å². The van der Waals surface area contributed by atoms with Crippen LogP contribution in [0.15, 0.2) is 29.3 Å². The van der Waals surface area contributed by atoms with Gasteiger partial charge in [0.2, 0.25) is 0 Å². The molecule has 0 N–H and O–H groups in total. The Bertz CT molecular complexity index is 391. The number of allylic oxidation sites excluding steroid dienone is 1. The van der Waals surface area contributed by atoms with E-state index in [0.29, 0.717) is 5.17 Å². The van der Waals surface area contributed by atoms with Gasteiger partial charge in [0.1, 0.15) is 5.17 Å². The third kappa shape index (κ3) is 1.81. The minimum absolute atomic E-state index is 0.652. The van der Waals surface area contributed by atoms with Crippen molar-refractivity contribution in [1.29, 1.82) is 0 Å². The third-order valence-electron chi connectivity index (χ3n) is 2.01. The highest BCUT2D eigenvalue weighted by Gasteiger charge is 2.03. The molecule has 0 saturated carbocycles. The maximum absolute atomic E-state index is 5.89. The molecule has 0 atom stereocenters. The lowest BCUT2D eigenvalue weighted by Crippen LogP contribution is -1.80. The second-order valence-electron chi connectivity index (χ2n) is 3.16. The molecule has 0 aromatic heterocycles. The molecule has 1 aromatic carbocycles. The van der Waals surface area contributed by atoms with E-state index in [-0.39, 0.29) is 0 Å². The summed E-state index contributed by atoms with van der Waals surface area (Å²) in [4.78, 5) is 4.30. The lowest BCUT2D eigenvalue weighted by molar-refractivity contribution is 1.42. The van der Waals surface area contributed by atoms with Gasteiger partial charge in [-0.05, 0) is 19.1 Å². The van der Waals surface area contributed by atoms with Crippen LogP contribution in [0.2, 0.25) is 0 Å². The molecule has 1 heterocycles. The molecule has 1 aromatic rings. The first kappa shape index (κ1) is 8.52. The summed E-state index contributed by atoms with van der Waals surface area (Å²) in [6.07, 6.45) is 4.84. The van der Waals surface area contributed by atoms with Crippen molar-refractivity contribution in [1.82, 2.24) is 0 Å². The molecule has 66 valence electrons. The first-order chi connectivity index (χ1) is 6.25. The van der Waals surface area contributed by atoms with E-state index in [4.69, 9.17) is 11.6 Å². The highest BCUT2D eigenvalue weighted by molar-refractivity contribution is 6.65. The van der Waals surface area contributed by atoms with Gasteiger partial charge in [-0.25, -0.2) is 4.99 Å². The SMILES string of the molecule is Cc1ccc2c(c1)C=CCC(Cl)=N2. The number of halogens is 1. The van der Waals surface area contributed by atoms with E-state index in [1.807, 2.05) is 18.2 Å². The van der Waals surface area contributed by atoms with Gasteiger partial charge >= 0.3 is 0 Å². The predicted octanol–water partition coefficient (Wildman–Crippen LogP) is 3.68. The molecular formula is C11H10ClN. The summed E-state index contributed by atoms with van der Waals surface area (Å²) in [7, 11) is 0. The van der Waals surface area contributed by atoms with E-state index >= 15 is 0 Å². The van der Waals surface area contributed by atoms with Gasteiger partial charge in [0, 0.05) is 12.0 Å². The number of hydrogen-bond donors (Lipinski definition) is 0. The number of aliphatic imine (C=N–C) groups is 1. The Kier molecular flexibility index (Phi) is 2.19. The van der Waals surface area contributed by atoms with Crippen molar-refractivity contribution in [2.45, 2.75) is 13.3 Å². The fraction of sp³-hybridized carbons (Fsp3) is 0.182. The number of rotatable bonds is 0. The predicted molar refractivity (Wildman–Crippen MR) is 57.8 cm³/mol. The molecule has 2 rings (SSSR count). The minimum atomic E-state index is 0.652. The van der Waals surface area contributed by atoms with Gasteiger partial charge in [-0.3, -0.25) is 0 Å². The third-order valence-corrected chi connectivity index (χ3v) is 2.25. The second-order valence-corrected chi connectivity index (χ2v) is 3.59. The molecule has 1 aliphatic rings. The van der Waals surface area contributed by atoms with Gasteiger partial charge in [-0.2, -0.15) is 0 Å². The molecule has 1 aliphatic heterocycles. The summed E-state index contributed by atoms with van der Waals surface area (Å²) in [6, 6.07) is 6.17. The van der Waals surface area contributed by atoms with Crippen LogP contribution in [0.25, 0.3) is 6.08 Å². The van der Waals surface area contributed by atoms with Crippen LogP contribution in [-0.2, 0) is 0 Å². The van der Waals surface area contributed by atoms with E-state index in [1.54, 1.807) is 0 Å². The molecule has 2 heteroatoms. The Hall–Kier alpha value is -1.08. The summed E-state index contributed by atoms with van der Waals surface area (Å²) in [5.74, 6) is 0. The summed E-state index contributed by atoms with van der Waals surface area (Å²) in [5.41, 5.74) is 3.36. The first-order valence-electron chi connectivity index (χ1n) is 4.26. The standard InChI is InChI=1S/C11H10ClN/c1-8-5-6-10-9(7-8)3-2-4-11(12)13-10/h2-3,5-7H,4H2,1H3. The molecule has 0 unspecified atom stereocenters. The summed E-state index contributed by atoms with van der Waals surface area (Å²) in [6.45, 7) is 2.07. The summed E-state index contributed by atoms with van der Waals surface area (Å²) < 4.78 is 0. The average molecular weight is 192 g/mol. The Balaban J connectivity index is 2.58. The Morgan fingerprint density at radius 3 is 3.08 bits per heavy atom. The lowest BCUT2D eigenvalue weighted by Gasteiger charge is -2.00. The lowest BCUT2D eigenvalue weighted by atomic mass is 10.1. The van der Waals surface area contributed by atoms with Crippen LogP contribution in [0.5, 0.6) is 0 Å². The van der Waals surface area contributed by atoms with E-state index in [2.05, 4.69) is 24.1 Å². The van der Waals surface area contributed by atoms with Gasteiger partial charge < -0.3 is 0 Å². The molecule has 0 aliphatic carbocycles. The Morgan fingerprint density at radius 2 is 2.23 bits per heavy atom. The number of nitrogens with zero attached hydrogens (tertiary/aromatic N) is 1. The van der Waals surface area contributed by atoms with Crippen molar-refractivity contribution in [2.24, 2.45) is 4.99 Å². The van der Waals surface area contributed by atoms with Crippen LogP contribution in [-0.4, -0.2) is 5.17 Å². The Labute approximate surface area is 82.8 Å².